The molecule has 3 N–H and O–H groups in total. The van der Waals surface area contributed by atoms with Crippen molar-refractivity contribution in [3.05, 3.63) is 5.32 Å². The SMILES string of the molecule is COC1[N-]C(N)N[C@H](OC)N1C1CCC1. The second-order valence-electron chi connectivity index (χ2n) is 3.94. The third kappa shape index (κ3) is 2.15. The van der Waals surface area contributed by atoms with Crippen molar-refractivity contribution in [1.29, 1.82) is 0 Å². The van der Waals surface area contributed by atoms with Crippen LogP contribution in [0.2, 0.25) is 0 Å². The zero-order valence-corrected chi connectivity index (χ0v) is 9.22. The van der Waals surface area contributed by atoms with E-state index in [0.717, 1.165) is 0 Å². The van der Waals surface area contributed by atoms with Crippen molar-refractivity contribution >= 4 is 0 Å². The first kappa shape index (κ1) is 11.3. The first-order chi connectivity index (χ1) is 7.26. The molecule has 3 atom stereocenters. The lowest BCUT2D eigenvalue weighted by Crippen LogP contribution is -2.66. The van der Waals surface area contributed by atoms with Crippen LogP contribution in [0.5, 0.6) is 0 Å². The predicted molar refractivity (Wildman–Crippen MR) is 55.5 cm³/mol. The summed E-state index contributed by atoms with van der Waals surface area (Å²) in [6.07, 6.45) is 2.69. The minimum atomic E-state index is -0.420. The first-order valence-electron chi connectivity index (χ1n) is 5.31. The van der Waals surface area contributed by atoms with Gasteiger partial charge in [-0.25, -0.2) is 0 Å². The Morgan fingerprint density at radius 2 is 2.07 bits per heavy atom. The highest BCUT2D eigenvalue weighted by Crippen LogP contribution is 2.31. The van der Waals surface area contributed by atoms with Crippen LogP contribution in [0.4, 0.5) is 0 Å². The smallest absolute Gasteiger partial charge is 0.166 e. The maximum Gasteiger partial charge on any atom is 0.166 e. The molecule has 1 aliphatic carbocycles. The third-order valence-corrected chi connectivity index (χ3v) is 3.06. The molecule has 88 valence electrons. The van der Waals surface area contributed by atoms with Crippen molar-refractivity contribution in [1.82, 2.24) is 10.2 Å². The summed E-state index contributed by atoms with van der Waals surface area (Å²) in [6, 6.07) is 0.489. The van der Waals surface area contributed by atoms with E-state index in [2.05, 4.69) is 15.5 Å². The van der Waals surface area contributed by atoms with Crippen molar-refractivity contribution in [2.24, 2.45) is 5.73 Å². The predicted octanol–water partition coefficient (Wildman–Crippen LogP) is -0.0799. The second kappa shape index (κ2) is 4.73. The fourth-order valence-electron chi connectivity index (χ4n) is 2.03. The molecule has 0 aromatic heterocycles. The summed E-state index contributed by atoms with van der Waals surface area (Å²) >= 11 is 0. The van der Waals surface area contributed by atoms with Gasteiger partial charge in [0.2, 0.25) is 0 Å². The molecule has 1 aliphatic heterocycles. The molecule has 0 radical (unpaired) electrons. The lowest BCUT2D eigenvalue weighted by Gasteiger charge is -2.57. The number of nitrogens with one attached hydrogen (secondary N) is 1. The van der Waals surface area contributed by atoms with Crippen molar-refractivity contribution in [2.45, 2.75) is 44.3 Å². The topological polar surface area (TPSA) is 73.8 Å². The van der Waals surface area contributed by atoms with Gasteiger partial charge in [0, 0.05) is 26.6 Å². The van der Waals surface area contributed by atoms with Crippen molar-refractivity contribution in [3.8, 4) is 0 Å². The summed E-state index contributed by atoms with van der Waals surface area (Å²) in [7, 11) is 3.30. The summed E-state index contributed by atoms with van der Waals surface area (Å²) in [5, 5.41) is 7.34. The molecule has 2 rings (SSSR count). The number of hydrogen-bond donors (Lipinski definition) is 2. The van der Waals surface area contributed by atoms with Crippen LogP contribution in [0.1, 0.15) is 19.3 Å². The largest absolute Gasteiger partial charge is 0.596 e. The van der Waals surface area contributed by atoms with Crippen LogP contribution < -0.4 is 11.1 Å². The number of rotatable bonds is 3. The van der Waals surface area contributed by atoms with E-state index in [1.165, 1.54) is 19.3 Å². The van der Waals surface area contributed by atoms with Gasteiger partial charge in [-0.05, 0) is 19.1 Å². The Bertz CT molecular complexity index is 198. The molecule has 6 heteroatoms. The van der Waals surface area contributed by atoms with E-state index in [9.17, 15) is 0 Å². The fourth-order valence-corrected chi connectivity index (χ4v) is 2.03. The quantitative estimate of drug-likeness (QED) is 0.689. The number of hydrogen-bond acceptors (Lipinski definition) is 5. The first-order valence-corrected chi connectivity index (χ1v) is 5.31. The summed E-state index contributed by atoms with van der Waals surface area (Å²) in [6.45, 7) is 0. The lowest BCUT2D eigenvalue weighted by atomic mass is 9.91. The van der Waals surface area contributed by atoms with Gasteiger partial charge in [0.15, 0.2) is 6.35 Å². The van der Waals surface area contributed by atoms with Crippen molar-refractivity contribution < 1.29 is 9.47 Å². The highest BCUT2D eigenvalue weighted by Gasteiger charge is 2.35. The molecule has 0 bridgehead atoms. The van der Waals surface area contributed by atoms with Gasteiger partial charge >= 0.3 is 0 Å². The summed E-state index contributed by atoms with van der Waals surface area (Å²) in [4.78, 5) is 2.10. The van der Waals surface area contributed by atoms with Gasteiger partial charge in [0.25, 0.3) is 0 Å². The average molecular weight is 215 g/mol. The zero-order chi connectivity index (χ0) is 10.8. The second-order valence-corrected chi connectivity index (χ2v) is 3.94. The van der Waals surface area contributed by atoms with Gasteiger partial charge in [0.05, 0.1) is 0 Å². The highest BCUT2D eigenvalue weighted by atomic mass is 16.5. The molecule has 2 unspecified atom stereocenters. The Kier molecular flexibility index (Phi) is 3.55. The molecular formula is C9H19N4O2-. The van der Waals surface area contributed by atoms with E-state index < -0.39 is 6.29 Å². The standard InChI is InChI=1S/C9H19N4O2/c1-14-8-11-7(10)12-9(15-2)13(8)6-4-3-5-6/h6-9,11H,3-5,10H2,1-2H3/q-1/t7?,8-,9?/m0/s1. The molecule has 2 fully saturated rings. The van der Waals surface area contributed by atoms with E-state index in [4.69, 9.17) is 15.2 Å². The van der Waals surface area contributed by atoms with Crippen LogP contribution in [0.15, 0.2) is 0 Å². The Morgan fingerprint density at radius 1 is 1.33 bits per heavy atom. The van der Waals surface area contributed by atoms with Crippen LogP contribution in [0.25, 0.3) is 5.32 Å². The maximum absolute atomic E-state index is 5.72. The Balaban J connectivity index is 2.05. The molecule has 0 amide bonds. The number of nitrogens with two attached hydrogens (primary N) is 1. The van der Waals surface area contributed by atoms with Gasteiger partial charge in [-0.3, -0.25) is 10.2 Å². The zero-order valence-electron chi connectivity index (χ0n) is 9.22. The minimum absolute atomic E-state index is 0.201. The average Bonchev–Trinajstić information content (AvgIpc) is 2.17. The van der Waals surface area contributed by atoms with Crippen LogP contribution in [0, 0.1) is 0 Å². The van der Waals surface area contributed by atoms with Crippen molar-refractivity contribution in [2.75, 3.05) is 14.2 Å². The number of ether oxygens (including phenoxy) is 2. The third-order valence-electron chi connectivity index (χ3n) is 3.06. The Labute approximate surface area is 90.1 Å². The molecule has 1 saturated carbocycles. The molecule has 15 heavy (non-hydrogen) atoms. The van der Waals surface area contributed by atoms with Crippen LogP contribution >= 0.6 is 0 Å². The number of methoxy groups -OCH3 is 2. The summed E-state index contributed by atoms with van der Waals surface area (Å²) < 4.78 is 10.7. The minimum Gasteiger partial charge on any atom is -0.596 e. The maximum atomic E-state index is 5.72. The van der Waals surface area contributed by atoms with Gasteiger partial charge in [-0.1, -0.05) is 6.42 Å². The summed E-state index contributed by atoms with van der Waals surface area (Å²) in [5.41, 5.74) is 5.72. The van der Waals surface area contributed by atoms with Crippen LogP contribution in [-0.2, 0) is 9.47 Å². The van der Waals surface area contributed by atoms with E-state index >= 15 is 0 Å². The molecule has 6 nitrogen and oxygen atoms in total. The van der Waals surface area contributed by atoms with Crippen LogP contribution in [-0.4, -0.2) is 44.2 Å². The molecule has 2 aliphatic rings. The van der Waals surface area contributed by atoms with Gasteiger partial charge < -0.3 is 20.5 Å². The lowest BCUT2D eigenvalue weighted by molar-refractivity contribution is -0.183. The van der Waals surface area contributed by atoms with Gasteiger partial charge in [-0.15, -0.1) is 0 Å². The van der Waals surface area contributed by atoms with E-state index in [-0.39, 0.29) is 12.7 Å². The molecule has 1 heterocycles. The van der Waals surface area contributed by atoms with Crippen molar-refractivity contribution in [3.63, 3.8) is 0 Å². The Hall–Kier alpha value is -0.240. The monoisotopic (exact) mass is 215 g/mol. The molecule has 0 aromatic carbocycles. The van der Waals surface area contributed by atoms with Gasteiger partial charge in [-0.2, -0.15) is 0 Å². The van der Waals surface area contributed by atoms with Crippen LogP contribution in [0.3, 0.4) is 0 Å². The molecule has 1 saturated heterocycles. The van der Waals surface area contributed by atoms with Gasteiger partial charge in [0.1, 0.15) is 0 Å². The molecular weight excluding hydrogens is 196 g/mol. The normalized spacial score (nSPS) is 39.0. The number of nitrogens with zero attached hydrogens (tertiary/aromatic N) is 2. The van der Waals surface area contributed by atoms with E-state index in [1.807, 2.05) is 0 Å². The molecule has 0 spiro atoms. The molecule has 0 aromatic rings. The highest BCUT2D eigenvalue weighted by molar-refractivity contribution is 4.99. The summed E-state index contributed by atoms with van der Waals surface area (Å²) in [5.74, 6) is 0. The van der Waals surface area contributed by atoms with E-state index in [0.29, 0.717) is 6.04 Å². The van der Waals surface area contributed by atoms with E-state index in [1.54, 1.807) is 14.2 Å². The fraction of sp³-hybridized carbons (Fsp3) is 1.00. The Morgan fingerprint density at radius 3 is 2.53 bits per heavy atom.